The number of nitrogens with zero attached hydrogens (tertiary/aromatic N) is 3. The molecule has 0 N–H and O–H groups in total. The standard InChI is InChI=1S/C52H35N3O/c1-52(2)42-18-8-6-15-37(42)40-31-47-41(30-43(40)52)38-16-7-10-20-45(38)54(47)35-27-28-39-49(29-35)56-48-22-12-17-36(50(39)48)32-23-25-34(26-24-32)55-46-21-11-9-19-44(46)53-51(55)33-13-4-3-5-14-33/h3-31H,1-2H3. The molecule has 11 aromatic rings. The Bertz CT molecular complexity index is 3380. The van der Waals surface area contributed by atoms with Crippen molar-refractivity contribution >= 4 is 54.8 Å². The minimum Gasteiger partial charge on any atom is -0.456 e. The Labute approximate surface area is 323 Å². The third-order valence-corrected chi connectivity index (χ3v) is 12.1. The first-order valence-electron chi connectivity index (χ1n) is 19.3. The maximum absolute atomic E-state index is 6.70. The van der Waals surface area contributed by atoms with Crippen LogP contribution in [0.2, 0.25) is 0 Å². The predicted octanol–water partition coefficient (Wildman–Crippen LogP) is 13.7. The molecule has 1 aliphatic rings. The van der Waals surface area contributed by atoms with E-state index in [1.165, 1.54) is 44.1 Å². The summed E-state index contributed by atoms with van der Waals surface area (Å²) in [6.07, 6.45) is 0. The van der Waals surface area contributed by atoms with Gasteiger partial charge in [-0.15, -0.1) is 0 Å². The quantitative estimate of drug-likeness (QED) is 0.182. The second-order valence-corrected chi connectivity index (χ2v) is 15.6. The maximum atomic E-state index is 6.70. The van der Waals surface area contributed by atoms with Crippen molar-refractivity contribution in [3.63, 3.8) is 0 Å². The summed E-state index contributed by atoms with van der Waals surface area (Å²) in [5.41, 5.74) is 17.1. The lowest BCUT2D eigenvalue weighted by molar-refractivity contribution is 0.661. The lowest BCUT2D eigenvalue weighted by Crippen LogP contribution is -2.14. The number of hydrogen-bond acceptors (Lipinski definition) is 2. The van der Waals surface area contributed by atoms with E-state index in [1.54, 1.807) is 0 Å². The van der Waals surface area contributed by atoms with Gasteiger partial charge in [0.2, 0.25) is 0 Å². The van der Waals surface area contributed by atoms with Crippen LogP contribution in [-0.4, -0.2) is 14.1 Å². The van der Waals surface area contributed by atoms with Gasteiger partial charge in [0.15, 0.2) is 0 Å². The minimum absolute atomic E-state index is 0.0620. The van der Waals surface area contributed by atoms with E-state index < -0.39 is 0 Å². The van der Waals surface area contributed by atoms with Crippen molar-refractivity contribution in [3.8, 4) is 45.0 Å². The van der Waals surface area contributed by atoms with Crippen LogP contribution in [0.3, 0.4) is 0 Å². The van der Waals surface area contributed by atoms with Crippen LogP contribution < -0.4 is 0 Å². The average Bonchev–Trinajstić information content (AvgIpc) is 3.97. The van der Waals surface area contributed by atoms with E-state index in [9.17, 15) is 0 Å². The van der Waals surface area contributed by atoms with Crippen LogP contribution in [0, 0.1) is 0 Å². The number of aromatic nitrogens is 3. The van der Waals surface area contributed by atoms with Crippen molar-refractivity contribution in [2.75, 3.05) is 0 Å². The summed E-state index contributed by atoms with van der Waals surface area (Å²) in [4.78, 5) is 5.05. The van der Waals surface area contributed by atoms with Gasteiger partial charge in [0.05, 0.1) is 22.1 Å². The molecule has 4 heteroatoms. The highest BCUT2D eigenvalue weighted by Crippen LogP contribution is 2.51. The average molecular weight is 718 g/mol. The highest BCUT2D eigenvalue weighted by molar-refractivity contribution is 6.14. The zero-order chi connectivity index (χ0) is 37.1. The minimum atomic E-state index is -0.0620. The smallest absolute Gasteiger partial charge is 0.145 e. The van der Waals surface area contributed by atoms with Gasteiger partial charge in [0.1, 0.15) is 17.0 Å². The predicted molar refractivity (Wildman–Crippen MR) is 231 cm³/mol. The zero-order valence-electron chi connectivity index (χ0n) is 31.0. The third kappa shape index (κ3) is 4.32. The van der Waals surface area contributed by atoms with Crippen LogP contribution in [0.1, 0.15) is 25.0 Å². The Kier molecular flexibility index (Phi) is 6.37. The summed E-state index contributed by atoms with van der Waals surface area (Å²) in [7, 11) is 0. The molecule has 8 aromatic carbocycles. The molecule has 0 aliphatic heterocycles. The van der Waals surface area contributed by atoms with Crippen LogP contribution in [-0.2, 0) is 5.41 Å². The van der Waals surface area contributed by atoms with E-state index >= 15 is 0 Å². The number of furan rings is 1. The topological polar surface area (TPSA) is 35.9 Å². The molecule has 1 aliphatic carbocycles. The summed E-state index contributed by atoms with van der Waals surface area (Å²) in [6, 6.07) is 63.2. The van der Waals surface area contributed by atoms with Gasteiger partial charge < -0.3 is 8.98 Å². The molecule has 0 bridgehead atoms. The number of benzene rings is 8. The van der Waals surface area contributed by atoms with Crippen molar-refractivity contribution in [3.05, 3.63) is 187 Å². The summed E-state index contributed by atoms with van der Waals surface area (Å²) < 4.78 is 11.4. The Morgan fingerprint density at radius 3 is 2.05 bits per heavy atom. The largest absolute Gasteiger partial charge is 0.456 e. The Morgan fingerprint density at radius 2 is 1.18 bits per heavy atom. The van der Waals surface area contributed by atoms with Crippen molar-refractivity contribution in [1.29, 1.82) is 0 Å². The SMILES string of the molecule is CC1(C)c2ccccc2-c2cc3c(cc21)c1ccccc1n3-c1ccc2c(c1)oc1cccc(-c3ccc(-n4c(-c5ccccc5)nc5ccccc54)cc3)c12. The first-order chi connectivity index (χ1) is 27.5. The van der Waals surface area contributed by atoms with Crippen molar-refractivity contribution in [2.24, 2.45) is 0 Å². The molecule has 0 spiro atoms. The lowest BCUT2D eigenvalue weighted by Gasteiger charge is -2.21. The lowest BCUT2D eigenvalue weighted by atomic mass is 9.82. The van der Waals surface area contributed by atoms with Crippen LogP contribution in [0.15, 0.2) is 180 Å². The van der Waals surface area contributed by atoms with Gasteiger partial charge in [-0.25, -0.2) is 4.98 Å². The molecule has 12 rings (SSSR count). The molecule has 3 heterocycles. The van der Waals surface area contributed by atoms with E-state index in [0.29, 0.717) is 0 Å². The van der Waals surface area contributed by atoms with Crippen LogP contribution >= 0.6 is 0 Å². The van der Waals surface area contributed by atoms with Gasteiger partial charge in [-0.1, -0.05) is 123 Å². The van der Waals surface area contributed by atoms with Gasteiger partial charge in [0, 0.05) is 50.0 Å². The Hall–Kier alpha value is -7.17. The fraction of sp³-hybridized carbons (Fsp3) is 0.0577. The van der Waals surface area contributed by atoms with E-state index in [0.717, 1.165) is 66.9 Å². The van der Waals surface area contributed by atoms with E-state index in [-0.39, 0.29) is 5.41 Å². The van der Waals surface area contributed by atoms with Gasteiger partial charge in [-0.05, 0) is 94.0 Å². The number of hydrogen-bond donors (Lipinski definition) is 0. The Morgan fingerprint density at radius 1 is 0.446 bits per heavy atom. The number of imidazole rings is 1. The summed E-state index contributed by atoms with van der Waals surface area (Å²) in [5, 5.41) is 4.76. The molecular formula is C52H35N3O. The summed E-state index contributed by atoms with van der Waals surface area (Å²) >= 11 is 0. The second kappa shape index (κ2) is 11.4. The summed E-state index contributed by atoms with van der Waals surface area (Å²) in [6.45, 7) is 4.70. The molecule has 0 atom stereocenters. The molecule has 0 radical (unpaired) electrons. The first-order valence-corrected chi connectivity index (χ1v) is 19.3. The third-order valence-electron chi connectivity index (χ3n) is 12.1. The highest BCUT2D eigenvalue weighted by Gasteiger charge is 2.36. The number of para-hydroxylation sites is 3. The van der Waals surface area contributed by atoms with Crippen molar-refractivity contribution in [2.45, 2.75) is 19.3 Å². The molecule has 264 valence electrons. The Balaban J connectivity index is 0.995. The molecule has 3 aromatic heterocycles. The fourth-order valence-corrected chi connectivity index (χ4v) is 9.49. The fourth-order valence-electron chi connectivity index (χ4n) is 9.49. The van der Waals surface area contributed by atoms with Crippen LogP contribution in [0.4, 0.5) is 0 Å². The molecule has 4 nitrogen and oxygen atoms in total. The molecule has 56 heavy (non-hydrogen) atoms. The van der Waals surface area contributed by atoms with Crippen LogP contribution in [0.25, 0.3) is 99.8 Å². The van der Waals surface area contributed by atoms with Gasteiger partial charge in [0.25, 0.3) is 0 Å². The van der Waals surface area contributed by atoms with Gasteiger partial charge >= 0.3 is 0 Å². The zero-order valence-corrected chi connectivity index (χ0v) is 31.0. The molecule has 0 saturated heterocycles. The first kappa shape index (κ1) is 31.2. The molecular weight excluding hydrogens is 683 g/mol. The maximum Gasteiger partial charge on any atom is 0.145 e. The summed E-state index contributed by atoms with van der Waals surface area (Å²) in [5.74, 6) is 0.930. The van der Waals surface area contributed by atoms with Gasteiger partial charge in [-0.3, -0.25) is 4.57 Å². The monoisotopic (exact) mass is 717 g/mol. The normalized spacial score (nSPS) is 13.3. The van der Waals surface area contributed by atoms with Crippen molar-refractivity contribution in [1.82, 2.24) is 14.1 Å². The van der Waals surface area contributed by atoms with E-state index in [4.69, 9.17) is 9.40 Å². The van der Waals surface area contributed by atoms with E-state index in [1.807, 2.05) is 12.1 Å². The van der Waals surface area contributed by atoms with Crippen molar-refractivity contribution < 1.29 is 4.42 Å². The number of fused-ring (bicyclic) bond motifs is 10. The van der Waals surface area contributed by atoms with E-state index in [2.05, 4.69) is 187 Å². The van der Waals surface area contributed by atoms with Crippen LogP contribution in [0.5, 0.6) is 0 Å². The van der Waals surface area contributed by atoms with Gasteiger partial charge in [-0.2, -0.15) is 0 Å². The molecule has 0 amide bonds. The number of rotatable bonds is 4. The molecule has 0 saturated carbocycles. The molecule has 0 unspecified atom stereocenters. The molecule has 0 fully saturated rings. The second-order valence-electron chi connectivity index (χ2n) is 15.6. The highest BCUT2D eigenvalue weighted by atomic mass is 16.3.